The Kier molecular flexibility index (Phi) is 7.45. The number of ether oxygens (including phenoxy) is 2. The minimum absolute atomic E-state index is 0.138. The van der Waals surface area contributed by atoms with Gasteiger partial charge in [0.15, 0.2) is 5.16 Å². The Labute approximate surface area is 207 Å². The summed E-state index contributed by atoms with van der Waals surface area (Å²) in [5, 5.41) is 3.72. The second-order valence-corrected chi connectivity index (χ2v) is 9.25. The predicted octanol–water partition coefficient (Wildman–Crippen LogP) is 6.53. The first kappa shape index (κ1) is 23.7. The lowest BCUT2D eigenvalue weighted by Crippen LogP contribution is -2.22. The van der Waals surface area contributed by atoms with Crippen molar-refractivity contribution in [2.75, 3.05) is 19.5 Å². The number of methoxy groups -OCH3 is 2. The average molecular weight is 494 g/mol. The number of H-pyrrole nitrogens is 1. The van der Waals surface area contributed by atoms with Gasteiger partial charge in [0, 0.05) is 21.8 Å². The van der Waals surface area contributed by atoms with Gasteiger partial charge in [-0.2, -0.15) is 0 Å². The van der Waals surface area contributed by atoms with Crippen LogP contribution in [-0.4, -0.2) is 35.3 Å². The molecule has 1 amide bonds. The number of amides is 1. The van der Waals surface area contributed by atoms with Gasteiger partial charge in [-0.3, -0.25) is 4.79 Å². The molecule has 1 heterocycles. The Hall–Kier alpha value is -3.42. The quantitative estimate of drug-likeness (QED) is 0.273. The number of aromatic nitrogens is 2. The first-order chi connectivity index (χ1) is 16.5. The van der Waals surface area contributed by atoms with Gasteiger partial charge < -0.3 is 19.8 Å². The van der Waals surface area contributed by atoms with Crippen molar-refractivity contribution in [3.05, 3.63) is 77.8 Å². The summed E-state index contributed by atoms with van der Waals surface area (Å²) in [6, 6.07) is 22.6. The molecule has 2 N–H and O–H groups in total. The van der Waals surface area contributed by atoms with Crippen LogP contribution in [-0.2, 0) is 4.79 Å². The van der Waals surface area contributed by atoms with Crippen LogP contribution < -0.4 is 14.8 Å². The molecule has 0 aliphatic heterocycles. The summed E-state index contributed by atoms with van der Waals surface area (Å²) >= 11 is 7.38. The molecule has 34 heavy (non-hydrogen) atoms. The van der Waals surface area contributed by atoms with E-state index in [-0.39, 0.29) is 5.91 Å². The summed E-state index contributed by atoms with van der Waals surface area (Å²) < 4.78 is 10.6. The monoisotopic (exact) mass is 493 g/mol. The molecule has 174 valence electrons. The number of carbonyl (C=O) groups is 1. The summed E-state index contributed by atoms with van der Waals surface area (Å²) in [4.78, 5) is 21.0. The molecule has 4 rings (SSSR count). The number of imidazole rings is 1. The van der Waals surface area contributed by atoms with Gasteiger partial charge in [0.05, 0.1) is 30.9 Å². The molecule has 0 spiro atoms. The van der Waals surface area contributed by atoms with Crippen molar-refractivity contribution in [1.82, 2.24) is 9.97 Å². The van der Waals surface area contributed by atoms with Gasteiger partial charge in [-0.1, -0.05) is 29.4 Å². The third-order valence-electron chi connectivity index (χ3n) is 5.17. The van der Waals surface area contributed by atoms with Crippen molar-refractivity contribution >= 4 is 35.0 Å². The number of nitrogens with zero attached hydrogens (tertiary/aromatic N) is 1. The number of anilines is 1. The van der Waals surface area contributed by atoms with Crippen LogP contribution in [0.15, 0.2) is 78.0 Å². The maximum Gasteiger partial charge on any atom is 0.237 e. The second-order valence-electron chi connectivity index (χ2n) is 7.48. The smallest absolute Gasteiger partial charge is 0.237 e. The number of thioether (sulfide) groups is 1. The van der Waals surface area contributed by atoms with Gasteiger partial charge >= 0.3 is 0 Å². The van der Waals surface area contributed by atoms with E-state index in [2.05, 4.69) is 10.3 Å². The lowest BCUT2D eigenvalue weighted by molar-refractivity contribution is -0.115. The highest BCUT2D eigenvalue weighted by Crippen LogP contribution is 2.35. The SMILES string of the molecule is COc1ccc(-c2nc(SC(C)C(=O)Nc3cccc(Cl)c3)[nH]c2-c2ccc(OC)cc2)cc1. The number of benzene rings is 3. The summed E-state index contributed by atoms with van der Waals surface area (Å²) in [6.45, 7) is 1.84. The maximum absolute atomic E-state index is 12.8. The Balaban J connectivity index is 1.61. The van der Waals surface area contributed by atoms with E-state index >= 15 is 0 Å². The lowest BCUT2D eigenvalue weighted by atomic mass is 10.0. The van der Waals surface area contributed by atoms with Crippen molar-refractivity contribution in [2.45, 2.75) is 17.3 Å². The number of rotatable bonds is 8. The molecule has 0 aliphatic carbocycles. The van der Waals surface area contributed by atoms with Gasteiger partial charge in [-0.15, -0.1) is 0 Å². The van der Waals surface area contributed by atoms with Crippen molar-refractivity contribution in [3.8, 4) is 34.0 Å². The van der Waals surface area contributed by atoms with Crippen LogP contribution in [0.1, 0.15) is 6.92 Å². The number of carbonyl (C=O) groups excluding carboxylic acids is 1. The molecule has 8 heteroatoms. The minimum Gasteiger partial charge on any atom is -0.497 e. The van der Waals surface area contributed by atoms with Crippen LogP contribution in [0.25, 0.3) is 22.5 Å². The highest BCUT2D eigenvalue weighted by atomic mass is 35.5. The highest BCUT2D eigenvalue weighted by Gasteiger charge is 2.20. The van der Waals surface area contributed by atoms with Crippen molar-refractivity contribution in [3.63, 3.8) is 0 Å². The van der Waals surface area contributed by atoms with Crippen LogP contribution in [0.4, 0.5) is 5.69 Å². The molecule has 0 aliphatic rings. The third kappa shape index (κ3) is 5.55. The summed E-state index contributed by atoms with van der Waals surface area (Å²) in [5.41, 5.74) is 4.20. The van der Waals surface area contributed by atoms with Crippen LogP contribution in [0.2, 0.25) is 5.02 Å². The van der Waals surface area contributed by atoms with Crippen molar-refractivity contribution in [2.24, 2.45) is 0 Å². The van der Waals surface area contributed by atoms with E-state index in [1.54, 1.807) is 38.5 Å². The molecule has 0 radical (unpaired) electrons. The van der Waals surface area contributed by atoms with Crippen LogP contribution in [0.3, 0.4) is 0 Å². The topological polar surface area (TPSA) is 76.2 Å². The average Bonchev–Trinajstić information content (AvgIpc) is 3.27. The summed E-state index contributed by atoms with van der Waals surface area (Å²) in [6.07, 6.45) is 0. The van der Waals surface area contributed by atoms with E-state index in [0.29, 0.717) is 15.9 Å². The highest BCUT2D eigenvalue weighted by molar-refractivity contribution is 8.00. The fourth-order valence-corrected chi connectivity index (χ4v) is 4.36. The van der Waals surface area contributed by atoms with Gasteiger partial charge in [-0.05, 0) is 73.7 Å². The predicted molar refractivity (Wildman–Crippen MR) is 138 cm³/mol. The Morgan fingerprint density at radius 3 is 2.18 bits per heavy atom. The van der Waals surface area contributed by atoms with Gasteiger partial charge in [-0.25, -0.2) is 4.98 Å². The second kappa shape index (κ2) is 10.7. The van der Waals surface area contributed by atoms with Crippen LogP contribution in [0, 0.1) is 0 Å². The molecule has 1 unspecified atom stereocenters. The van der Waals surface area contributed by atoms with Gasteiger partial charge in [0.2, 0.25) is 5.91 Å². The molecule has 0 fully saturated rings. The zero-order valence-electron chi connectivity index (χ0n) is 19.0. The molecule has 0 bridgehead atoms. The van der Waals surface area contributed by atoms with E-state index in [4.69, 9.17) is 26.1 Å². The molecule has 1 atom stereocenters. The standard InChI is InChI=1S/C26H24ClN3O3S/c1-16(25(31)28-20-6-4-5-19(27)15-20)34-26-29-23(17-7-11-21(32-2)12-8-17)24(30-26)18-9-13-22(33-3)14-10-18/h4-16H,1-3H3,(H,28,31)(H,29,30). The van der Waals surface area contributed by atoms with E-state index in [1.807, 2.05) is 55.5 Å². The number of halogens is 1. The fraction of sp³-hybridized carbons (Fsp3) is 0.154. The molecular formula is C26H24ClN3O3S. The van der Waals surface area contributed by atoms with E-state index in [9.17, 15) is 4.79 Å². The van der Waals surface area contributed by atoms with Crippen LogP contribution in [0.5, 0.6) is 11.5 Å². The number of hydrogen-bond donors (Lipinski definition) is 2. The molecule has 6 nitrogen and oxygen atoms in total. The first-order valence-electron chi connectivity index (χ1n) is 10.6. The molecule has 0 saturated carbocycles. The normalized spacial score (nSPS) is 11.6. The van der Waals surface area contributed by atoms with Gasteiger partial charge in [0.1, 0.15) is 11.5 Å². The largest absolute Gasteiger partial charge is 0.497 e. The lowest BCUT2D eigenvalue weighted by Gasteiger charge is -2.10. The van der Waals surface area contributed by atoms with Crippen molar-refractivity contribution in [1.29, 1.82) is 0 Å². The maximum atomic E-state index is 12.8. The molecule has 4 aromatic rings. The van der Waals surface area contributed by atoms with E-state index < -0.39 is 5.25 Å². The zero-order valence-corrected chi connectivity index (χ0v) is 20.5. The van der Waals surface area contributed by atoms with E-state index in [0.717, 1.165) is 34.0 Å². The third-order valence-corrected chi connectivity index (χ3v) is 6.39. The summed E-state index contributed by atoms with van der Waals surface area (Å²) in [5.74, 6) is 1.40. The molecular weight excluding hydrogens is 470 g/mol. The minimum atomic E-state index is -0.391. The van der Waals surface area contributed by atoms with E-state index in [1.165, 1.54) is 11.8 Å². The van der Waals surface area contributed by atoms with Crippen LogP contribution >= 0.6 is 23.4 Å². The Bertz CT molecular complexity index is 1210. The first-order valence-corrected chi connectivity index (χ1v) is 11.8. The Morgan fingerprint density at radius 2 is 1.59 bits per heavy atom. The molecule has 0 saturated heterocycles. The Morgan fingerprint density at radius 1 is 0.971 bits per heavy atom. The number of aromatic amines is 1. The number of hydrogen-bond acceptors (Lipinski definition) is 5. The van der Waals surface area contributed by atoms with Crippen molar-refractivity contribution < 1.29 is 14.3 Å². The zero-order chi connectivity index (χ0) is 24.1. The summed E-state index contributed by atoms with van der Waals surface area (Å²) in [7, 11) is 3.27. The fourth-order valence-electron chi connectivity index (χ4n) is 3.36. The molecule has 1 aromatic heterocycles. The molecule has 3 aromatic carbocycles. The van der Waals surface area contributed by atoms with Gasteiger partial charge in [0.25, 0.3) is 0 Å². The number of nitrogens with one attached hydrogen (secondary N) is 2.